The second-order valence-electron chi connectivity index (χ2n) is 3.28. The summed E-state index contributed by atoms with van der Waals surface area (Å²) in [4.78, 5) is 0. The lowest BCUT2D eigenvalue weighted by atomic mass is 9.91. The summed E-state index contributed by atoms with van der Waals surface area (Å²) in [5, 5.41) is 9.10. The first-order valence-electron chi connectivity index (χ1n) is 4.27. The quantitative estimate of drug-likeness (QED) is 0.627. The van der Waals surface area contributed by atoms with Crippen molar-refractivity contribution in [3.8, 4) is 5.75 Å². The highest BCUT2D eigenvalue weighted by Gasteiger charge is 2.12. The zero-order valence-electron chi connectivity index (χ0n) is 6.81. The Kier molecular flexibility index (Phi) is 1.75. The number of fused-ring (bicyclic) bond motifs is 1. The molecule has 2 heteroatoms. The van der Waals surface area contributed by atoms with Crippen LogP contribution in [0.15, 0.2) is 12.1 Å². The monoisotopic (exact) mass is 166 g/mol. The zero-order valence-corrected chi connectivity index (χ0v) is 6.81. The third kappa shape index (κ3) is 1.17. The smallest absolute Gasteiger partial charge is 0.165 e. The fourth-order valence-corrected chi connectivity index (χ4v) is 1.74. The van der Waals surface area contributed by atoms with Gasteiger partial charge in [-0.3, -0.25) is 0 Å². The molecule has 0 bridgehead atoms. The Labute approximate surface area is 70.8 Å². The second-order valence-corrected chi connectivity index (χ2v) is 3.28. The van der Waals surface area contributed by atoms with Gasteiger partial charge in [-0.05, 0) is 48.9 Å². The fraction of sp³-hybridized carbons (Fsp3) is 0.400. The second kappa shape index (κ2) is 2.77. The molecule has 1 aliphatic rings. The van der Waals surface area contributed by atoms with Crippen LogP contribution in [0.5, 0.6) is 5.75 Å². The van der Waals surface area contributed by atoms with Gasteiger partial charge in [0, 0.05) is 0 Å². The predicted molar refractivity (Wildman–Crippen MR) is 44.7 cm³/mol. The van der Waals surface area contributed by atoms with Crippen LogP contribution in [-0.4, -0.2) is 5.11 Å². The van der Waals surface area contributed by atoms with Crippen LogP contribution in [0.2, 0.25) is 0 Å². The Balaban J connectivity index is 2.49. The third-order valence-corrected chi connectivity index (χ3v) is 2.41. The van der Waals surface area contributed by atoms with Gasteiger partial charge in [0.2, 0.25) is 0 Å². The molecule has 1 nitrogen and oxygen atoms in total. The largest absolute Gasteiger partial charge is 0.505 e. The molecule has 2 rings (SSSR count). The average molecular weight is 166 g/mol. The van der Waals surface area contributed by atoms with Gasteiger partial charge in [-0.15, -0.1) is 0 Å². The summed E-state index contributed by atoms with van der Waals surface area (Å²) in [6.45, 7) is 0. The molecule has 1 aromatic rings. The van der Waals surface area contributed by atoms with E-state index in [0.29, 0.717) is 0 Å². The highest BCUT2D eigenvalue weighted by atomic mass is 19.1. The molecule has 1 aliphatic carbocycles. The van der Waals surface area contributed by atoms with Gasteiger partial charge in [-0.2, -0.15) is 0 Å². The minimum absolute atomic E-state index is 0.212. The fourth-order valence-electron chi connectivity index (χ4n) is 1.74. The number of phenolic OH excluding ortho intramolecular Hbond substituents is 1. The molecule has 0 saturated carbocycles. The van der Waals surface area contributed by atoms with E-state index >= 15 is 0 Å². The minimum atomic E-state index is -0.490. The van der Waals surface area contributed by atoms with E-state index in [1.165, 1.54) is 6.07 Å². The van der Waals surface area contributed by atoms with Crippen molar-refractivity contribution in [1.82, 2.24) is 0 Å². The van der Waals surface area contributed by atoms with E-state index in [2.05, 4.69) is 0 Å². The van der Waals surface area contributed by atoms with Gasteiger partial charge < -0.3 is 5.11 Å². The first-order chi connectivity index (χ1) is 5.77. The molecule has 0 radical (unpaired) electrons. The molecule has 0 amide bonds. The molecule has 0 aliphatic heterocycles. The van der Waals surface area contributed by atoms with E-state index in [4.69, 9.17) is 5.11 Å². The van der Waals surface area contributed by atoms with Crippen molar-refractivity contribution in [2.24, 2.45) is 0 Å². The first-order valence-corrected chi connectivity index (χ1v) is 4.27. The number of benzene rings is 1. The Morgan fingerprint density at radius 2 is 1.67 bits per heavy atom. The van der Waals surface area contributed by atoms with E-state index < -0.39 is 5.82 Å². The highest BCUT2D eigenvalue weighted by Crippen LogP contribution is 2.26. The summed E-state index contributed by atoms with van der Waals surface area (Å²) in [7, 11) is 0. The van der Waals surface area contributed by atoms with Crippen molar-refractivity contribution in [2.45, 2.75) is 25.7 Å². The van der Waals surface area contributed by atoms with Gasteiger partial charge in [0.1, 0.15) is 0 Å². The minimum Gasteiger partial charge on any atom is -0.505 e. The van der Waals surface area contributed by atoms with Gasteiger partial charge in [0.25, 0.3) is 0 Å². The van der Waals surface area contributed by atoms with Crippen molar-refractivity contribution in [2.75, 3.05) is 0 Å². The standard InChI is InChI=1S/C10H11FO/c11-9-5-7-3-1-2-4-8(7)6-10(9)12/h5-6,12H,1-4H2. The SMILES string of the molecule is Oc1cc2c(cc1F)CCCC2. The number of hydrogen-bond acceptors (Lipinski definition) is 1. The Morgan fingerprint density at radius 1 is 1.08 bits per heavy atom. The van der Waals surface area contributed by atoms with Gasteiger partial charge in [-0.1, -0.05) is 0 Å². The molecule has 0 unspecified atom stereocenters. The number of aromatic hydroxyl groups is 1. The molecule has 64 valence electrons. The number of phenols is 1. The summed E-state index contributed by atoms with van der Waals surface area (Å²) in [5.41, 5.74) is 2.18. The predicted octanol–water partition coefficient (Wildman–Crippen LogP) is 2.41. The lowest BCUT2D eigenvalue weighted by molar-refractivity contribution is 0.429. The molecule has 0 saturated heterocycles. The van der Waals surface area contributed by atoms with Crippen LogP contribution >= 0.6 is 0 Å². The molecular formula is C10H11FO. The van der Waals surface area contributed by atoms with Crippen molar-refractivity contribution >= 4 is 0 Å². The number of rotatable bonds is 0. The van der Waals surface area contributed by atoms with Crippen LogP contribution in [0.1, 0.15) is 24.0 Å². The van der Waals surface area contributed by atoms with Crippen molar-refractivity contribution in [1.29, 1.82) is 0 Å². The molecule has 12 heavy (non-hydrogen) atoms. The first kappa shape index (κ1) is 7.59. The van der Waals surface area contributed by atoms with Gasteiger partial charge in [0.15, 0.2) is 11.6 Å². The van der Waals surface area contributed by atoms with Crippen molar-refractivity contribution in [3.05, 3.63) is 29.1 Å². The van der Waals surface area contributed by atoms with Crippen molar-refractivity contribution < 1.29 is 9.50 Å². The molecule has 1 N–H and O–H groups in total. The topological polar surface area (TPSA) is 20.2 Å². The molecule has 0 spiro atoms. The maximum absolute atomic E-state index is 12.9. The molecule has 0 aromatic heterocycles. The van der Waals surface area contributed by atoms with Crippen LogP contribution < -0.4 is 0 Å². The lowest BCUT2D eigenvalue weighted by Gasteiger charge is -2.15. The van der Waals surface area contributed by atoms with E-state index in [1.54, 1.807) is 6.07 Å². The van der Waals surface area contributed by atoms with Crippen LogP contribution in [0, 0.1) is 5.82 Å². The zero-order chi connectivity index (χ0) is 8.55. The van der Waals surface area contributed by atoms with E-state index in [-0.39, 0.29) is 5.75 Å². The summed E-state index contributed by atoms with van der Waals surface area (Å²) in [5.74, 6) is -0.702. The lowest BCUT2D eigenvalue weighted by Crippen LogP contribution is -2.02. The highest BCUT2D eigenvalue weighted by molar-refractivity contribution is 5.37. The molecule has 0 atom stereocenters. The van der Waals surface area contributed by atoms with Gasteiger partial charge >= 0.3 is 0 Å². The summed E-state index contributed by atoms with van der Waals surface area (Å²) in [6.07, 6.45) is 4.21. The summed E-state index contributed by atoms with van der Waals surface area (Å²) >= 11 is 0. The average Bonchev–Trinajstić information content (AvgIpc) is 2.07. The molecule has 1 aromatic carbocycles. The Morgan fingerprint density at radius 3 is 2.33 bits per heavy atom. The van der Waals surface area contributed by atoms with Gasteiger partial charge in [0.05, 0.1) is 0 Å². The molecule has 0 heterocycles. The van der Waals surface area contributed by atoms with Crippen LogP contribution in [0.25, 0.3) is 0 Å². The van der Waals surface area contributed by atoms with E-state index in [0.717, 1.165) is 36.8 Å². The number of aryl methyl sites for hydroxylation is 2. The normalized spacial score (nSPS) is 15.8. The summed E-state index contributed by atoms with van der Waals surface area (Å²) < 4.78 is 12.9. The van der Waals surface area contributed by atoms with E-state index in [1.807, 2.05) is 0 Å². The van der Waals surface area contributed by atoms with E-state index in [9.17, 15) is 4.39 Å². The molecular weight excluding hydrogens is 155 g/mol. The summed E-state index contributed by atoms with van der Waals surface area (Å²) in [6, 6.07) is 3.02. The number of halogens is 1. The third-order valence-electron chi connectivity index (χ3n) is 2.41. The van der Waals surface area contributed by atoms with Crippen molar-refractivity contribution in [3.63, 3.8) is 0 Å². The maximum Gasteiger partial charge on any atom is 0.165 e. The molecule has 0 fully saturated rings. The maximum atomic E-state index is 12.9. The number of hydrogen-bond donors (Lipinski definition) is 1. The van der Waals surface area contributed by atoms with Crippen LogP contribution in [0.4, 0.5) is 4.39 Å². The van der Waals surface area contributed by atoms with Crippen LogP contribution in [0.3, 0.4) is 0 Å². The Bertz CT molecular complexity index is 276. The van der Waals surface area contributed by atoms with Crippen LogP contribution in [-0.2, 0) is 12.8 Å². The van der Waals surface area contributed by atoms with Gasteiger partial charge in [-0.25, -0.2) is 4.39 Å². The Hall–Kier alpha value is -1.05.